The molecule has 2 amide bonds. The van der Waals surface area contributed by atoms with Crippen LogP contribution in [0.25, 0.3) is 0 Å². The molecular weight excluding hydrogens is 388 g/mol. The van der Waals surface area contributed by atoms with Crippen LogP contribution in [-0.4, -0.2) is 22.5 Å². The predicted octanol–water partition coefficient (Wildman–Crippen LogP) is 5.21. The topological polar surface area (TPSA) is 78.4 Å². The number of aryl methyl sites for hydroxylation is 1. The van der Waals surface area contributed by atoms with Crippen LogP contribution in [0.5, 0.6) is 0 Å². The van der Waals surface area contributed by atoms with E-state index in [9.17, 15) is 14.7 Å². The van der Waals surface area contributed by atoms with Crippen molar-refractivity contribution in [1.82, 2.24) is 5.32 Å². The van der Waals surface area contributed by atoms with Gasteiger partial charge in [-0.1, -0.05) is 76.2 Å². The molecule has 0 aliphatic carbocycles. The third-order valence-electron chi connectivity index (χ3n) is 5.97. The van der Waals surface area contributed by atoms with Gasteiger partial charge in [-0.05, 0) is 48.3 Å². The van der Waals surface area contributed by atoms with E-state index in [1.165, 1.54) is 0 Å². The highest BCUT2D eigenvalue weighted by molar-refractivity contribution is 6.25. The molecule has 0 bridgehead atoms. The zero-order chi connectivity index (χ0) is 22.8. The second-order valence-corrected chi connectivity index (χ2v) is 9.07. The molecular formula is C26H32N2O3. The van der Waals surface area contributed by atoms with Crippen LogP contribution in [0.4, 0.5) is 5.69 Å². The number of rotatable bonds is 7. The molecule has 5 nitrogen and oxygen atoms in total. The van der Waals surface area contributed by atoms with Crippen molar-refractivity contribution >= 4 is 17.5 Å². The summed E-state index contributed by atoms with van der Waals surface area (Å²) in [7, 11) is 0. The van der Waals surface area contributed by atoms with E-state index in [-0.39, 0.29) is 23.2 Å². The van der Waals surface area contributed by atoms with Gasteiger partial charge in [-0.2, -0.15) is 0 Å². The number of carbonyl (C=O) groups is 2. The molecule has 31 heavy (non-hydrogen) atoms. The van der Waals surface area contributed by atoms with Crippen molar-refractivity contribution in [2.75, 3.05) is 5.32 Å². The lowest BCUT2D eigenvalue weighted by atomic mass is 9.91. The number of amides is 2. The Labute approximate surface area is 184 Å². The lowest BCUT2D eigenvalue weighted by Gasteiger charge is -2.24. The number of aliphatic hydroxyl groups is 1. The van der Waals surface area contributed by atoms with Crippen LogP contribution in [0.15, 0.2) is 59.9 Å². The van der Waals surface area contributed by atoms with Crippen molar-refractivity contribution in [2.24, 2.45) is 0 Å². The molecule has 1 aliphatic heterocycles. The van der Waals surface area contributed by atoms with Gasteiger partial charge in [0.05, 0.1) is 5.54 Å². The largest absolute Gasteiger partial charge is 0.509 e. The van der Waals surface area contributed by atoms with Gasteiger partial charge in [0.25, 0.3) is 11.8 Å². The van der Waals surface area contributed by atoms with Gasteiger partial charge in [-0.3, -0.25) is 9.59 Å². The fourth-order valence-electron chi connectivity index (χ4n) is 4.06. The Kier molecular flexibility index (Phi) is 6.54. The molecule has 0 saturated carbocycles. The number of aliphatic hydroxyl groups excluding tert-OH is 1. The minimum absolute atomic E-state index is 0.195. The molecule has 0 saturated heterocycles. The maximum Gasteiger partial charge on any atom is 0.264 e. The van der Waals surface area contributed by atoms with E-state index in [2.05, 4.69) is 38.3 Å². The van der Waals surface area contributed by atoms with Gasteiger partial charge in [0, 0.05) is 5.69 Å². The van der Waals surface area contributed by atoms with Gasteiger partial charge < -0.3 is 15.7 Å². The lowest BCUT2D eigenvalue weighted by Crippen LogP contribution is -2.42. The molecule has 3 N–H and O–H groups in total. The molecule has 2 aromatic rings. The zero-order valence-corrected chi connectivity index (χ0v) is 19.0. The first-order valence-electron chi connectivity index (χ1n) is 10.9. The van der Waals surface area contributed by atoms with Crippen molar-refractivity contribution in [2.45, 2.75) is 64.8 Å². The number of benzene rings is 2. The maximum absolute atomic E-state index is 13.2. The summed E-state index contributed by atoms with van der Waals surface area (Å²) in [6.45, 7) is 10.0. The molecule has 3 rings (SSSR count). The normalized spacial score (nSPS) is 18.6. The molecule has 2 aromatic carbocycles. The molecule has 5 heteroatoms. The first-order valence-corrected chi connectivity index (χ1v) is 10.9. The van der Waals surface area contributed by atoms with E-state index in [0.717, 1.165) is 22.4 Å². The van der Waals surface area contributed by atoms with Crippen LogP contribution < -0.4 is 10.6 Å². The maximum atomic E-state index is 13.2. The third kappa shape index (κ3) is 4.66. The van der Waals surface area contributed by atoms with Gasteiger partial charge in [-0.25, -0.2) is 0 Å². The summed E-state index contributed by atoms with van der Waals surface area (Å²) in [4.78, 5) is 25.8. The minimum atomic E-state index is -0.974. The van der Waals surface area contributed by atoms with Crippen LogP contribution >= 0.6 is 0 Å². The summed E-state index contributed by atoms with van der Waals surface area (Å²) in [5.41, 5.74) is 2.66. The number of carbonyl (C=O) groups excluding carboxylic acids is 2. The second kappa shape index (κ2) is 8.96. The average Bonchev–Trinajstić information content (AvgIpc) is 2.95. The standard InChI is InChI=1S/C26H32N2O3/c1-16(2)19-12-9-13-20(17(3)4)22(19)27-24(30)21-23(29)26(5,28-25(21)31)15-14-18-10-7-6-8-11-18/h6-13,16-17,29H,14-15H2,1-5H3,(H,27,30)(H,28,31). The quantitative estimate of drug-likeness (QED) is 0.538. The Morgan fingerprint density at radius 1 is 1.00 bits per heavy atom. The van der Waals surface area contributed by atoms with Gasteiger partial charge in [0.2, 0.25) is 0 Å². The van der Waals surface area contributed by atoms with Crippen LogP contribution in [0, 0.1) is 0 Å². The van der Waals surface area contributed by atoms with Crippen LogP contribution in [0.1, 0.15) is 69.6 Å². The number of nitrogens with one attached hydrogen (secondary N) is 2. The first kappa shape index (κ1) is 22.6. The summed E-state index contributed by atoms with van der Waals surface area (Å²) >= 11 is 0. The highest BCUT2D eigenvalue weighted by atomic mass is 16.3. The fourth-order valence-corrected chi connectivity index (χ4v) is 4.06. The van der Waals surface area contributed by atoms with E-state index in [1.807, 2.05) is 48.5 Å². The van der Waals surface area contributed by atoms with E-state index in [4.69, 9.17) is 0 Å². The summed E-state index contributed by atoms with van der Waals surface area (Å²) in [6, 6.07) is 15.8. The number of para-hydroxylation sites is 1. The summed E-state index contributed by atoms with van der Waals surface area (Å²) in [5, 5.41) is 16.7. The van der Waals surface area contributed by atoms with Crippen LogP contribution in [-0.2, 0) is 16.0 Å². The van der Waals surface area contributed by atoms with Crippen molar-refractivity contribution in [3.8, 4) is 0 Å². The van der Waals surface area contributed by atoms with Gasteiger partial charge >= 0.3 is 0 Å². The molecule has 0 radical (unpaired) electrons. The van der Waals surface area contributed by atoms with E-state index < -0.39 is 17.4 Å². The van der Waals surface area contributed by atoms with Gasteiger partial charge in [0.15, 0.2) is 0 Å². The van der Waals surface area contributed by atoms with Gasteiger partial charge in [0.1, 0.15) is 11.3 Å². The SMILES string of the molecule is CC(C)c1cccc(C(C)C)c1NC(=O)C1=C(O)C(C)(CCc2ccccc2)NC1=O. The van der Waals surface area contributed by atoms with Gasteiger partial charge in [-0.15, -0.1) is 0 Å². The number of hydrogen-bond acceptors (Lipinski definition) is 3. The first-order chi connectivity index (χ1) is 14.6. The zero-order valence-electron chi connectivity index (χ0n) is 19.0. The van der Waals surface area contributed by atoms with E-state index in [1.54, 1.807) is 6.92 Å². The fraction of sp³-hybridized carbons (Fsp3) is 0.385. The lowest BCUT2D eigenvalue weighted by molar-refractivity contribution is -0.121. The summed E-state index contributed by atoms with van der Waals surface area (Å²) in [6.07, 6.45) is 1.16. The molecule has 1 atom stereocenters. The summed E-state index contributed by atoms with van der Waals surface area (Å²) < 4.78 is 0. The molecule has 1 heterocycles. The second-order valence-electron chi connectivity index (χ2n) is 9.07. The average molecular weight is 421 g/mol. The Hall–Kier alpha value is -3.08. The minimum Gasteiger partial charge on any atom is -0.509 e. The van der Waals surface area contributed by atoms with Crippen molar-refractivity contribution < 1.29 is 14.7 Å². The molecule has 0 fully saturated rings. The molecule has 1 aliphatic rings. The van der Waals surface area contributed by atoms with Crippen molar-refractivity contribution in [3.05, 3.63) is 76.6 Å². The molecule has 0 spiro atoms. The summed E-state index contributed by atoms with van der Waals surface area (Å²) in [5.74, 6) is -0.915. The molecule has 164 valence electrons. The molecule has 0 aromatic heterocycles. The number of hydrogen-bond donors (Lipinski definition) is 3. The Balaban J connectivity index is 1.88. The van der Waals surface area contributed by atoms with Crippen molar-refractivity contribution in [1.29, 1.82) is 0 Å². The third-order valence-corrected chi connectivity index (χ3v) is 5.97. The Bertz CT molecular complexity index is 982. The van der Waals surface area contributed by atoms with E-state index >= 15 is 0 Å². The Morgan fingerprint density at radius 3 is 2.13 bits per heavy atom. The van der Waals surface area contributed by atoms with Crippen molar-refractivity contribution in [3.63, 3.8) is 0 Å². The smallest absolute Gasteiger partial charge is 0.264 e. The highest BCUT2D eigenvalue weighted by Crippen LogP contribution is 2.34. The van der Waals surface area contributed by atoms with Crippen LogP contribution in [0.2, 0.25) is 0 Å². The number of anilines is 1. The predicted molar refractivity (Wildman–Crippen MR) is 124 cm³/mol. The molecule has 1 unspecified atom stereocenters. The Morgan fingerprint density at radius 2 is 1.58 bits per heavy atom. The monoisotopic (exact) mass is 420 g/mol. The van der Waals surface area contributed by atoms with E-state index in [0.29, 0.717) is 12.8 Å². The van der Waals surface area contributed by atoms with Crippen LogP contribution in [0.3, 0.4) is 0 Å². The highest BCUT2D eigenvalue weighted by Gasteiger charge is 2.44.